The number of hydrogen-bond donors (Lipinski definition) is 2. The fourth-order valence-electron chi connectivity index (χ4n) is 3.91. The predicted molar refractivity (Wildman–Crippen MR) is 138 cm³/mol. The van der Waals surface area contributed by atoms with E-state index in [9.17, 15) is 9.59 Å². The molecule has 0 fully saturated rings. The lowest BCUT2D eigenvalue weighted by atomic mass is 10.1. The van der Waals surface area contributed by atoms with Gasteiger partial charge in [0.15, 0.2) is 5.65 Å². The molecule has 0 atom stereocenters. The molecular formula is C28H24N6O2. The van der Waals surface area contributed by atoms with E-state index in [1.165, 1.54) is 0 Å². The fraction of sp³-hybridized carbons (Fsp3) is 0.107. The number of carbonyl (C=O) groups excluding carboxylic acids is 2. The maximum atomic E-state index is 13.2. The third-order valence-corrected chi connectivity index (χ3v) is 5.68. The molecule has 5 rings (SSSR count). The van der Waals surface area contributed by atoms with Gasteiger partial charge in [-0.2, -0.15) is 5.10 Å². The monoisotopic (exact) mass is 476 g/mol. The first-order valence-electron chi connectivity index (χ1n) is 11.6. The van der Waals surface area contributed by atoms with E-state index in [0.717, 1.165) is 11.1 Å². The Hall–Kier alpha value is -4.85. The number of fused-ring (bicyclic) bond motifs is 1. The first-order valence-corrected chi connectivity index (χ1v) is 11.6. The normalized spacial score (nSPS) is 10.8. The minimum absolute atomic E-state index is 0.133. The number of anilines is 1. The Morgan fingerprint density at radius 1 is 0.889 bits per heavy atom. The summed E-state index contributed by atoms with van der Waals surface area (Å²) in [6.07, 6.45) is 5.01. The molecule has 0 bridgehead atoms. The lowest BCUT2D eigenvalue weighted by Crippen LogP contribution is -2.28. The van der Waals surface area contributed by atoms with Crippen LogP contribution in [0.1, 0.15) is 22.3 Å². The molecule has 0 aliphatic rings. The Kier molecular flexibility index (Phi) is 6.75. The molecule has 0 radical (unpaired) electrons. The van der Waals surface area contributed by atoms with Gasteiger partial charge in [-0.05, 0) is 23.8 Å². The molecule has 2 amide bonds. The predicted octanol–water partition coefficient (Wildman–Crippen LogP) is 4.30. The van der Waals surface area contributed by atoms with Gasteiger partial charge in [0.05, 0.1) is 41.3 Å². The zero-order valence-electron chi connectivity index (χ0n) is 19.5. The van der Waals surface area contributed by atoms with Crippen LogP contribution < -0.4 is 10.6 Å². The highest BCUT2D eigenvalue weighted by Gasteiger charge is 2.18. The van der Waals surface area contributed by atoms with Gasteiger partial charge in [0, 0.05) is 24.7 Å². The Balaban J connectivity index is 1.39. The van der Waals surface area contributed by atoms with E-state index in [1.807, 2.05) is 60.7 Å². The molecular weight excluding hydrogens is 452 g/mol. The standard InChI is InChI=1S/C28H24N6O2/c35-26(32-22-12-7-14-29-17-22)13-15-30-28(36)23-16-25(21-10-5-2-6-11-21)33-27-24(23)18-31-34(27)19-20-8-3-1-4-9-20/h1-12,14,16-18H,13,15,19H2,(H,30,36)(H,32,35). The van der Waals surface area contributed by atoms with Crippen LogP contribution in [-0.4, -0.2) is 38.1 Å². The molecule has 0 aliphatic carbocycles. The van der Waals surface area contributed by atoms with Gasteiger partial charge in [0.25, 0.3) is 5.91 Å². The van der Waals surface area contributed by atoms with Crippen molar-refractivity contribution >= 4 is 28.5 Å². The minimum Gasteiger partial charge on any atom is -0.351 e. The van der Waals surface area contributed by atoms with Crippen molar-refractivity contribution in [2.75, 3.05) is 11.9 Å². The van der Waals surface area contributed by atoms with E-state index in [4.69, 9.17) is 4.98 Å². The summed E-state index contributed by atoms with van der Waals surface area (Å²) in [5, 5.41) is 10.8. The van der Waals surface area contributed by atoms with Crippen LogP contribution in [0, 0.1) is 0 Å². The lowest BCUT2D eigenvalue weighted by molar-refractivity contribution is -0.116. The van der Waals surface area contributed by atoms with E-state index >= 15 is 0 Å². The zero-order chi connectivity index (χ0) is 24.7. The summed E-state index contributed by atoms with van der Waals surface area (Å²) in [4.78, 5) is 34.3. The average Bonchev–Trinajstić information content (AvgIpc) is 3.32. The van der Waals surface area contributed by atoms with Crippen LogP contribution in [0.3, 0.4) is 0 Å². The molecule has 36 heavy (non-hydrogen) atoms. The van der Waals surface area contributed by atoms with Gasteiger partial charge in [0.2, 0.25) is 5.91 Å². The third-order valence-electron chi connectivity index (χ3n) is 5.68. The molecule has 5 aromatic rings. The summed E-state index contributed by atoms with van der Waals surface area (Å²) in [7, 11) is 0. The highest BCUT2D eigenvalue weighted by Crippen LogP contribution is 2.25. The fourth-order valence-corrected chi connectivity index (χ4v) is 3.91. The summed E-state index contributed by atoms with van der Waals surface area (Å²) in [5.41, 5.74) is 4.36. The van der Waals surface area contributed by atoms with E-state index in [0.29, 0.717) is 34.5 Å². The van der Waals surface area contributed by atoms with Crippen molar-refractivity contribution in [3.8, 4) is 11.3 Å². The molecule has 2 aromatic carbocycles. The number of amides is 2. The number of carbonyl (C=O) groups is 2. The van der Waals surface area contributed by atoms with E-state index in [1.54, 1.807) is 41.5 Å². The van der Waals surface area contributed by atoms with Gasteiger partial charge in [0.1, 0.15) is 0 Å². The van der Waals surface area contributed by atoms with Crippen molar-refractivity contribution in [3.63, 3.8) is 0 Å². The van der Waals surface area contributed by atoms with Gasteiger partial charge < -0.3 is 10.6 Å². The SMILES string of the molecule is O=C(CCNC(=O)c1cc(-c2ccccc2)nc2c1cnn2Cc1ccccc1)Nc1cccnc1. The molecule has 8 heteroatoms. The largest absolute Gasteiger partial charge is 0.351 e. The van der Waals surface area contributed by atoms with Crippen LogP contribution in [0.2, 0.25) is 0 Å². The molecule has 8 nitrogen and oxygen atoms in total. The topological polar surface area (TPSA) is 102 Å². The van der Waals surface area contributed by atoms with Crippen LogP contribution in [0.5, 0.6) is 0 Å². The van der Waals surface area contributed by atoms with Crippen molar-refractivity contribution in [1.29, 1.82) is 0 Å². The van der Waals surface area contributed by atoms with Gasteiger partial charge in [-0.15, -0.1) is 0 Å². The minimum atomic E-state index is -0.284. The van der Waals surface area contributed by atoms with E-state index < -0.39 is 0 Å². The maximum absolute atomic E-state index is 13.2. The smallest absolute Gasteiger partial charge is 0.252 e. The van der Waals surface area contributed by atoms with Crippen molar-refractivity contribution in [2.45, 2.75) is 13.0 Å². The summed E-state index contributed by atoms with van der Waals surface area (Å²) >= 11 is 0. The molecule has 0 unspecified atom stereocenters. The number of nitrogens with one attached hydrogen (secondary N) is 2. The van der Waals surface area contributed by atoms with E-state index in [2.05, 4.69) is 20.7 Å². The molecule has 0 spiro atoms. The summed E-state index contributed by atoms with van der Waals surface area (Å²) < 4.78 is 1.80. The number of benzene rings is 2. The summed E-state index contributed by atoms with van der Waals surface area (Å²) in [5.74, 6) is -0.489. The van der Waals surface area contributed by atoms with Crippen LogP contribution in [0.15, 0.2) is 97.5 Å². The first-order chi connectivity index (χ1) is 17.7. The van der Waals surface area contributed by atoms with Crippen molar-refractivity contribution in [3.05, 3.63) is 109 Å². The van der Waals surface area contributed by atoms with Crippen LogP contribution in [0.4, 0.5) is 5.69 Å². The Morgan fingerprint density at radius 3 is 2.42 bits per heavy atom. The molecule has 0 saturated carbocycles. The highest BCUT2D eigenvalue weighted by molar-refractivity contribution is 6.06. The molecule has 3 aromatic heterocycles. The average molecular weight is 477 g/mol. The summed E-state index contributed by atoms with van der Waals surface area (Å²) in [6, 6.07) is 25.0. The third kappa shape index (κ3) is 5.28. The molecule has 0 aliphatic heterocycles. The second kappa shape index (κ2) is 10.6. The Bertz CT molecular complexity index is 1480. The van der Waals surface area contributed by atoms with Gasteiger partial charge >= 0.3 is 0 Å². The van der Waals surface area contributed by atoms with Gasteiger partial charge in [-0.1, -0.05) is 60.7 Å². The second-order valence-corrected chi connectivity index (χ2v) is 8.24. The Labute approximate surface area is 208 Å². The van der Waals surface area contributed by atoms with Gasteiger partial charge in [-0.25, -0.2) is 9.67 Å². The van der Waals surface area contributed by atoms with Crippen molar-refractivity contribution in [2.24, 2.45) is 0 Å². The quantitative estimate of drug-likeness (QED) is 0.348. The first kappa shape index (κ1) is 22.9. The number of hydrogen-bond acceptors (Lipinski definition) is 5. The molecule has 3 heterocycles. The van der Waals surface area contributed by atoms with Crippen molar-refractivity contribution < 1.29 is 9.59 Å². The van der Waals surface area contributed by atoms with Crippen LogP contribution >= 0.6 is 0 Å². The number of pyridine rings is 2. The van der Waals surface area contributed by atoms with Crippen LogP contribution in [-0.2, 0) is 11.3 Å². The van der Waals surface area contributed by atoms with E-state index in [-0.39, 0.29) is 24.8 Å². The second-order valence-electron chi connectivity index (χ2n) is 8.24. The number of aromatic nitrogens is 4. The number of nitrogens with zero attached hydrogens (tertiary/aromatic N) is 4. The number of rotatable bonds is 8. The molecule has 178 valence electrons. The lowest BCUT2D eigenvalue weighted by Gasteiger charge is -2.10. The molecule has 2 N–H and O–H groups in total. The Morgan fingerprint density at radius 2 is 1.67 bits per heavy atom. The van der Waals surface area contributed by atoms with Gasteiger partial charge in [-0.3, -0.25) is 14.6 Å². The maximum Gasteiger partial charge on any atom is 0.252 e. The highest BCUT2D eigenvalue weighted by atomic mass is 16.2. The zero-order valence-corrected chi connectivity index (χ0v) is 19.5. The molecule has 0 saturated heterocycles. The van der Waals surface area contributed by atoms with Crippen molar-refractivity contribution in [1.82, 2.24) is 25.1 Å². The van der Waals surface area contributed by atoms with Crippen LogP contribution in [0.25, 0.3) is 22.3 Å². The summed E-state index contributed by atoms with van der Waals surface area (Å²) in [6.45, 7) is 0.721.